The van der Waals surface area contributed by atoms with Gasteiger partial charge in [0.25, 0.3) is 0 Å². The van der Waals surface area contributed by atoms with E-state index in [-0.39, 0.29) is 0 Å². The fourth-order valence-corrected chi connectivity index (χ4v) is 1.66. The average molecular weight is 228 g/mol. The fraction of sp³-hybridized carbons (Fsp3) is 0.231. The van der Waals surface area contributed by atoms with Crippen molar-refractivity contribution in [3.63, 3.8) is 0 Å². The van der Waals surface area contributed by atoms with Gasteiger partial charge in [0.15, 0.2) is 0 Å². The molecule has 0 aromatic carbocycles. The van der Waals surface area contributed by atoms with E-state index in [4.69, 9.17) is 5.73 Å². The summed E-state index contributed by atoms with van der Waals surface area (Å²) in [5.41, 5.74) is 7.69. The molecule has 2 aromatic rings. The number of rotatable bonds is 4. The molecule has 0 unspecified atom stereocenters. The molecular formula is C13H16N4. The van der Waals surface area contributed by atoms with E-state index < -0.39 is 0 Å². The molecule has 0 amide bonds. The Labute approximate surface area is 101 Å². The third kappa shape index (κ3) is 2.93. The van der Waals surface area contributed by atoms with Gasteiger partial charge in [-0.05, 0) is 31.2 Å². The molecule has 0 fully saturated rings. The van der Waals surface area contributed by atoms with E-state index >= 15 is 0 Å². The number of anilines is 2. The van der Waals surface area contributed by atoms with Gasteiger partial charge in [0.05, 0.1) is 24.1 Å². The molecule has 0 radical (unpaired) electrons. The largest absolute Gasteiger partial charge is 0.384 e. The maximum absolute atomic E-state index is 5.58. The van der Waals surface area contributed by atoms with Crippen LogP contribution in [0.25, 0.3) is 0 Å². The van der Waals surface area contributed by atoms with Gasteiger partial charge in [-0.3, -0.25) is 4.98 Å². The second-order valence-electron chi connectivity index (χ2n) is 3.78. The number of nitrogens with two attached hydrogens (primary N) is 1. The van der Waals surface area contributed by atoms with Gasteiger partial charge in [0.1, 0.15) is 5.82 Å². The third-order valence-corrected chi connectivity index (χ3v) is 2.60. The van der Waals surface area contributed by atoms with Crippen LogP contribution in [0.4, 0.5) is 11.5 Å². The van der Waals surface area contributed by atoms with Crippen LogP contribution in [0.15, 0.2) is 42.7 Å². The molecule has 0 aliphatic carbocycles. The predicted molar refractivity (Wildman–Crippen MR) is 69.6 cm³/mol. The second kappa shape index (κ2) is 5.30. The SMILES string of the molecule is CCN(Cc1ccccn1)c1ccc(N)nc1. The summed E-state index contributed by atoms with van der Waals surface area (Å²) < 4.78 is 0. The van der Waals surface area contributed by atoms with Crippen molar-refractivity contribution in [1.82, 2.24) is 9.97 Å². The molecule has 4 heteroatoms. The summed E-state index contributed by atoms with van der Waals surface area (Å²) in [5.74, 6) is 0.544. The summed E-state index contributed by atoms with van der Waals surface area (Å²) in [6.45, 7) is 3.80. The lowest BCUT2D eigenvalue weighted by Gasteiger charge is -2.22. The first-order valence-corrected chi connectivity index (χ1v) is 5.66. The van der Waals surface area contributed by atoms with Crippen LogP contribution in [0.2, 0.25) is 0 Å². The highest BCUT2D eigenvalue weighted by molar-refractivity contribution is 5.48. The van der Waals surface area contributed by atoms with Crippen molar-refractivity contribution in [1.29, 1.82) is 0 Å². The summed E-state index contributed by atoms with van der Waals surface area (Å²) in [5, 5.41) is 0. The fourth-order valence-electron chi connectivity index (χ4n) is 1.66. The Morgan fingerprint density at radius 2 is 2.06 bits per heavy atom. The van der Waals surface area contributed by atoms with Crippen LogP contribution in [0.1, 0.15) is 12.6 Å². The van der Waals surface area contributed by atoms with Gasteiger partial charge in [-0.15, -0.1) is 0 Å². The number of hydrogen-bond acceptors (Lipinski definition) is 4. The van der Waals surface area contributed by atoms with Crippen molar-refractivity contribution >= 4 is 11.5 Å². The van der Waals surface area contributed by atoms with Crippen molar-refractivity contribution in [2.75, 3.05) is 17.2 Å². The lowest BCUT2D eigenvalue weighted by atomic mass is 10.3. The monoisotopic (exact) mass is 228 g/mol. The molecule has 0 spiro atoms. The normalized spacial score (nSPS) is 10.2. The smallest absolute Gasteiger partial charge is 0.123 e. The van der Waals surface area contributed by atoms with E-state index in [1.54, 1.807) is 6.20 Å². The van der Waals surface area contributed by atoms with Crippen LogP contribution >= 0.6 is 0 Å². The summed E-state index contributed by atoms with van der Waals surface area (Å²) >= 11 is 0. The Bertz CT molecular complexity index is 453. The second-order valence-corrected chi connectivity index (χ2v) is 3.78. The summed E-state index contributed by atoms with van der Waals surface area (Å²) in [7, 11) is 0. The van der Waals surface area contributed by atoms with Crippen LogP contribution in [0, 0.1) is 0 Å². The number of aromatic nitrogens is 2. The molecule has 0 aliphatic heterocycles. The Balaban J connectivity index is 2.14. The number of nitrogens with zero attached hydrogens (tertiary/aromatic N) is 3. The van der Waals surface area contributed by atoms with Crippen molar-refractivity contribution in [2.45, 2.75) is 13.5 Å². The highest BCUT2D eigenvalue weighted by Crippen LogP contribution is 2.15. The van der Waals surface area contributed by atoms with Crippen LogP contribution in [0.3, 0.4) is 0 Å². The van der Waals surface area contributed by atoms with Gasteiger partial charge < -0.3 is 10.6 Å². The van der Waals surface area contributed by atoms with Crippen LogP contribution < -0.4 is 10.6 Å². The van der Waals surface area contributed by atoms with Gasteiger partial charge in [-0.25, -0.2) is 4.98 Å². The zero-order valence-electron chi connectivity index (χ0n) is 9.87. The minimum Gasteiger partial charge on any atom is -0.384 e. The van der Waals surface area contributed by atoms with E-state index in [2.05, 4.69) is 21.8 Å². The molecule has 88 valence electrons. The maximum Gasteiger partial charge on any atom is 0.123 e. The maximum atomic E-state index is 5.58. The van der Waals surface area contributed by atoms with Crippen LogP contribution in [0.5, 0.6) is 0 Å². The Kier molecular flexibility index (Phi) is 3.55. The molecule has 0 bridgehead atoms. The third-order valence-electron chi connectivity index (χ3n) is 2.60. The van der Waals surface area contributed by atoms with E-state index in [1.165, 1.54) is 0 Å². The van der Waals surface area contributed by atoms with E-state index in [0.717, 1.165) is 24.5 Å². The molecule has 0 saturated carbocycles. The molecule has 4 nitrogen and oxygen atoms in total. The molecule has 2 N–H and O–H groups in total. The van der Waals surface area contributed by atoms with E-state index in [1.807, 2.05) is 36.5 Å². The first kappa shape index (κ1) is 11.4. The first-order chi connectivity index (χ1) is 8.29. The van der Waals surface area contributed by atoms with Gasteiger partial charge in [0.2, 0.25) is 0 Å². The topological polar surface area (TPSA) is 55.0 Å². The molecular weight excluding hydrogens is 212 g/mol. The van der Waals surface area contributed by atoms with E-state index in [0.29, 0.717) is 5.82 Å². The van der Waals surface area contributed by atoms with Gasteiger partial charge >= 0.3 is 0 Å². The zero-order chi connectivity index (χ0) is 12.1. The lowest BCUT2D eigenvalue weighted by Crippen LogP contribution is -2.22. The summed E-state index contributed by atoms with van der Waals surface area (Å²) in [4.78, 5) is 10.6. The highest BCUT2D eigenvalue weighted by Gasteiger charge is 2.05. The van der Waals surface area contributed by atoms with Crippen LogP contribution in [-0.4, -0.2) is 16.5 Å². The minimum absolute atomic E-state index is 0.544. The van der Waals surface area contributed by atoms with Gasteiger partial charge in [-0.1, -0.05) is 6.07 Å². The molecule has 2 heterocycles. The predicted octanol–water partition coefficient (Wildman–Crippen LogP) is 2.09. The average Bonchev–Trinajstić information content (AvgIpc) is 2.38. The minimum atomic E-state index is 0.544. The zero-order valence-corrected chi connectivity index (χ0v) is 9.87. The molecule has 2 rings (SSSR count). The van der Waals surface area contributed by atoms with Crippen LogP contribution in [-0.2, 0) is 6.54 Å². The molecule has 0 aliphatic rings. The number of nitrogen functional groups attached to an aromatic ring is 1. The van der Waals surface area contributed by atoms with Crippen molar-refractivity contribution < 1.29 is 0 Å². The van der Waals surface area contributed by atoms with Crippen molar-refractivity contribution in [3.05, 3.63) is 48.4 Å². The van der Waals surface area contributed by atoms with E-state index in [9.17, 15) is 0 Å². The quantitative estimate of drug-likeness (QED) is 0.870. The first-order valence-electron chi connectivity index (χ1n) is 5.66. The number of pyridine rings is 2. The van der Waals surface area contributed by atoms with Gasteiger partial charge in [-0.2, -0.15) is 0 Å². The molecule has 2 aromatic heterocycles. The summed E-state index contributed by atoms with van der Waals surface area (Å²) in [6.07, 6.45) is 3.60. The van der Waals surface area contributed by atoms with Gasteiger partial charge in [0, 0.05) is 12.7 Å². The molecule has 0 atom stereocenters. The highest BCUT2D eigenvalue weighted by atomic mass is 15.1. The standard InChI is InChI=1S/C13H16N4/c1-2-17(10-11-5-3-4-8-15-11)12-6-7-13(14)16-9-12/h3-9H,2,10H2,1H3,(H2,14,16). The summed E-state index contributed by atoms with van der Waals surface area (Å²) in [6, 6.07) is 9.74. The Hall–Kier alpha value is -2.10. The Morgan fingerprint density at radius 1 is 1.18 bits per heavy atom. The van der Waals surface area contributed by atoms with Crippen molar-refractivity contribution in [3.8, 4) is 0 Å². The molecule has 0 saturated heterocycles. The Morgan fingerprint density at radius 3 is 2.65 bits per heavy atom. The lowest BCUT2D eigenvalue weighted by molar-refractivity contribution is 0.807. The molecule has 17 heavy (non-hydrogen) atoms. The number of hydrogen-bond donors (Lipinski definition) is 1. The van der Waals surface area contributed by atoms with Crippen molar-refractivity contribution in [2.24, 2.45) is 0 Å².